The van der Waals surface area contributed by atoms with Crippen molar-refractivity contribution in [3.63, 3.8) is 0 Å². The summed E-state index contributed by atoms with van der Waals surface area (Å²) in [5.41, 5.74) is 5.44. The lowest BCUT2D eigenvalue weighted by molar-refractivity contribution is 0.0699. The van der Waals surface area contributed by atoms with Crippen LogP contribution in [0.4, 0.5) is 5.69 Å². The number of hydrogen-bond acceptors (Lipinski definition) is 3. The first-order valence-corrected chi connectivity index (χ1v) is 7.50. The Hall–Kier alpha value is -2.10. The fourth-order valence-corrected chi connectivity index (χ4v) is 3.77. The molecule has 4 heterocycles. The minimum atomic E-state index is -0.838. The molecule has 0 spiro atoms. The lowest BCUT2D eigenvalue weighted by Gasteiger charge is -2.42. The van der Waals surface area contributed by atoms with E-state index >= 15 is 0 Å². The summed E-state index contributed by atoms with van der Waals surface area (Å²) >= 11 is 0. The second-order valence-corrected chi connectivity index (χ2v) is 6.19. The fraction of sp³-hybridized carbons (Fsp3) is 0.412. The molecule has 3 aliphatic rings. The van der Waals surface area contributed by atoms with E-state index in [-0.39, 0.29) is 0 Å². The lowest BCUT2D eigenvalue weighted by atomic mass is 9.83. The second kappa shape index (κ2) is 4.20. The molecule has 4 nitrogen and oxygen atoms in total. The molecule has 4 heteroatoms. The molecule has 108 valence electrons. The van der Waals surface area contributed by atoms with Crippen LogP contribution in [-0.4, -0.2) is 29.1 Å². The minimum Gasteiger partial charge on any atom is -0.478 e. The van der Waals surface area contributed by atoms with Gasteiger partial charge in [-0.3, -0.25) is 4.98 Å². The van der Waals surface area contributed by atoms with E-state index in [0.29, 0.717) is 11.5 Å². The Morgan fingerprint density at radius 3 is 2.67 bits per heavy atom. The zero-order chi connectivity index (χ0) is 14.7. The summed E-state index contributed by atoms with van der Waals surface area (Å²) < 4.78 is 0. The summed E-state index contributed by atoms with van der Waals surface area (Å²) in [6.07, 6.45) is 2.19. The van der Waals surface area contributed by atoms with Crippen molar-refractivity contribution in [2.75, 3.05) is 18.0 Å². The van der Waals surface area contributed by atoms with Gasteiger partial charge < -0.3 is 10.0 Å². The van der Waals surface area contributed by atoms with Crippen molar-refractivity contribution in [1.29, 1.82) is 0 Å². The third kappa shape index (κ3) is 1.62. The van der Waals surface area contributed by atoms with Crippen LogP contribution in [0.3, 0.4) is 0 Å². The zero-order valence-electron chi connectivity index (χ0n) is 12.3. The molecule has 1 N–H and O–H groups in total. The number of nitrogens with zero attached hydrogens (tertiary/aromatic N) is 2. The first-order valence-electron chi connectivity index (χ1n) is 7.50. The van der Waals surface area contributed by atoms with Crippen LogP contribution in [0.15, 0.2) is 12.1 Å². The topological polar surface area (TPSA) is 53.4 Å². The average molecular weight is 282 g/mol. The van der Waals surface area contributed by atoms with Crippen LogP contribution < -0.4 is 4.90 Å². The Morgan fingerprint density at radius 1 is 1.29 bits per heavy atom. The Kier molecular flexibility index (Phi) is 2.52. The third-order valence-electron chi connectivity index (χ3n) is 5.09. The van der Waals surface area contributed by atoms with Gasteiger partial charge in [-0.05, 0) is 37.8 Å². The Labute approximate surface area is 123 Å². The number of aromatic carboxylic acids is 1. The van der Waals surface area contributed by atoms with Crippen LogP contribution in [0.25, 0.3) is 10.9 Å². The van der Waals surface area contributed by atoms with Crippen LogP contribution >= 0.6 is 0 Å². The van der Waals surface area contributed by atoms with Crippen LogP contribution in [-0.2, 0) is 0 Å². The van der Waals surface area contributed by atoms with E-state index in [2.05, 4.69) is 4.90 Å². The van der Waals surface area contributed by atoms with Gasteiger partial charge in [0.25, 0.3) is 0 Å². The van der Waals surface area contributed by atoms with Gasteiger partial charge in [-0.1, -0.05) is 12.1 Å². The van der Waals surface area contributed by atoms with Gasteiger partial charge in [0.2, 0.25) is 0 Å². The van der Waals surface area contributed by atoms with E-state index in [4.69, 9.17) is 4.98 Å². The number of hydrogen-bond donors (Lipinski definition) is 1. The quantitative estimate of drug-likeness (QED) is 0.872. The predicted octanol–water partition coefficient (Wildman–Crippen LogP) is 3.25. The molecule has 1 fully saturated rings. The monoisotopic (exact) mass is 282 g/mol. The summed E-state index contributed by atoms with van der Waals surface area (Å²) in [5.74, 6) is -0.415. The van der Waals surface area contributed by atoms with E-state index in [0.717, 1.165) is 59.3 Å². The fourth-order valence-electron chi connectivity index (χ4n) is 3.77. The highest BCUT2D eigenvalue weighted by Gasteiger charge is 2.36. The molecule has 1 aromatic heterocycles. The van der Waals surface area contributed by atoms with Crippen molar-refractivity contribution >= 4 is 22.6 Å². The van der Waals surface area contributed by atoms with Crippen LogP contribution in [0.5, 0.6) is 0 Å². The van der Waals surface area contributed by atoms with Gasteiger partial charge in [0.1, 0.15) is 0 Å². The first-order chi connectivity index (χ1) is 10.1. The number of fused-ring (bicyclic) bond motifs is 3. The number of pyridine rings is 1. The van der Waals surface area contributed by atoms with E-state index in [9.17, 15) is 9.90 Å². The minimum absolute atomic E-state index is 0.424. The summed E-state index contributed by atoms with van der Waals surface area (Å²) in [5, 5.41) is 10.5. The summed E-state index contributed by atoms with van der Waals surface area (Å²) in [6.45, 7) is 5.99. The molecule has 2 aromatic rings. The molecule has 21 heavy (non-hydrogen) atoms. The smallest absolute Gasteiger partial charge is 0.338 e. The molecule has 1 saturated heterocycles. The van der Waals surface area contributed by atoms with Crippen molar-refractivity contribution in [1.82, 2.24) is 4.98 Å². The molecule has 0 atom stereocenters. The molecule has 0 aliphatic carbocycles. The van der Waals surface area contributed by atoms with Crippen molar-refractivity contribution in [3.05, 3.63) is 34.5 Å². The molecule has 3 aliphatic heterocycles. The van der Waals surface area contributed by atoms with Crippen LogP contribution in [0.1, 0.15) is 45.9 Å². The number of anilines is 1. The number of carbonyl (C=O) groups is 1. The highest BCUT2D eigenvalue weighted by molar-refractivity contribution is 6.09. The number of carboxylic acid groups (broad SMARTS) is 1. The van der Waals surface area contributed by atoms with Crippen molar-refractivity contribution in [2.45, 2.75) is 32.6 Å². The molecule has 0 saturated carbocycles. The second-order valence-electron chi connectivity index (χ2n) is 6.19. The van der Waals surface area contributed by atoms with Crippen LogP contribution in [0.2, 0.25) is 0 Å². The van der Waals surface area contributed by atoms with Crippen LogP contribution in [0, 0.1) is 13.8 Å². The maximum atomic E-state index is 11.9. The van der Waals surface area contributed by atoms with Gasteiger partial charge in [-0.15, -0.1) is 0 Å². The molecule has 5 rings (SSSR count). The molecule has 2 bridgehead atoms. The maximum absolute atomic E-state index is 11.9. The van der Waals surface area contributed by atoms with E-state index < -0.39 is 5.97 Å². The number of rotatable bonds is 1. The normalized spacial score (nSPS) is 17.3. The first kappa shape index (κ1) is 12.6. The zero-order valence-corrected chi connectivity index (χ0v) is 12.3. The lowest BCUT2D eigenvalue weighted by Crippen LogP contribution is -2.40. The van der Waals surface area contributed by atoms with Gasteiger partial charge in [-0.25, -0.2) is 4.79 Å². The molecule has 0 amide bonds. The van der Waals surface area contributed by atoms with E-state index in [1.165, 1.54) is 0 Å². The largest absolute Gasteiger partial charge is 0.478 e. The van der Waals surface area contributed by atoms with Gasteiger partial charge >= 0.3 is 5.97 Å². The van der Waals surface area contributed by atoms with Crippen molar-refractivity contribution in [3.8, 4) is 0 Å². The maximum Gasteiger partial charge on any atom is 0.338 e. The van der Waals surface area contributed by atoms with Crippen molar-refractivity contribution < 1.29 is 9.90 Å². The summed E-state index contributed by atoms with van der Waals surface area (Å²) in [6, 6.07) is 3.91. The number of aromatic nitrogens is 1. The summed E-state index contributed by atoms with van der Waals surface area (Å²) in [4.78, 5) is 19.0. The standard InChI is InChI=1S/C17H18N2O2/c1-9-3-4-12-13(17(20)21)16-15(18-14(12)10(9)2)11-5-7-19(16)8-6-11/h3-4,11H,5-8H2,1-2H3,(H,20,21). The number of aryl methyl sites for hydroxylation is 2. The highest BCUT2D eigenvalue weighted by atomic mass is 16.4. The van der Waals surface area contributed by atoms with Gasteiger partial charge in [-0.2, -0.15) is 0 Å². The Bertz CT molecular complexity index is 774. The Morgan fingerprint density at radius 2 is 2.00 bits per heavy atom. The Balaban J connectivity index is 2.16. The third-order valence-corrected chi connectivity index (χ3v) is 5.09. The molecule has 0 unspecified atom stereocenters. The molecule has 1 aromatic carbocycles. The number of carboxylic acids is 1. The molecular weight excluding hydrogens is 264 g/mol. The van der Waals surface area contributed by atoms with E-state index in [1.807, 2.05) is 26.0 Å². The molecular formula is C17H18N2O2. The SMILES string of the molecule is Cc1ccc2c(C(=O)O)c3c(nc2c1C)C1CCN3CC1. The predicted molar refractivity (Wildman–Crippen MR) is 82.4 cm³/mol. The van der Waals surface area contributed by atoms with Gasteiger partial charge in [0, 0.05) is 24.4 Å². The van der Waals surface area contributed by atoms with Gasteiger partial charge in [0.05, 0.1) is 22.5 Å². The summed E-state index contributed by atoms with van der Waals surface area (Å²) in [7, 11) is 0. The number of benzene rings is 1. The highest BCUT2D eigenvalue weighted by Crippen LogP contribution is 2.45. The van der Waals surface area contributed by atoms with Gasteiger partial charge in [0.15, 0.2) is 0 Å². The molecule has 0 radical (unpaired) electrons. The van der Waals surface area contributed by atoms with E-state index in [1.54, 1.807) is 0 Å². The average Bonchev–Trinajstić information content (AvgIpc) is 2.50. The van der Waals surface area contributed by atoms with Crippen molar-refractivity contribution in [2.24, 2.45) is 0 Å². The number of piperidine rings is 1.